The lowest BCUT2D eigenvalue weighted by Gasteiger charge is -2.09. The van der Waals surface area contributed by atoms with E-state index >= 15 is 0 Å². The minimum absolute atomic E-state index is 0.147. The van der Waals surface area contributed by atoms with E-state index < -0.39 is 0 Å². The Hall–Kier alpha value is -0.830. The first kappa shape index (κ1) is 11.2. The highest BCUT2D eigenvalue weighted by molar-refractivity contribution is 9.10. The van der Waals surface area contributed by atoms with Crippen LogP contribution in [-0.2, 0) is 11.2 Å². The molecule has 0 spiro atoms. The molecule has 0 aromatic heterocycles. The van der Waals surface area contributed by atoms with Crippen LogP contribution in [0.4, 0.5) is 0 Å². The maximum Gasteiger partial charge on any atom is 0.134 e. The van der Waals surface area contributed by atoms with E-state index in [0.29, 0.717) is 13.0 Å². The minimum Gasteiger partial charge on any atom is -0.494 e. The molecule has 1 rings (SSSR count). The third kappa shape index (κ3) is 3.14. The van der Waals surface area contributed by atoms with Gasteiger partial charge in [-0.15, -0.1) is 0 Å². The summed E-state index contributed by atoms with van der Waals surface area (Å²) in [6.07, 6.45) is 0.433. The molecule has 1 aromatic rings. The summed E-state index contributed by atoms with van der Waals surface area (Å²) in [5, 5.41) is 0. The van der Waals surface area contributed by atoms with E-state index in [0.717, 1.165) is 15.8 Å². The molecular weight excluding hydrogens is 244 g/mol. The van der Waals surface area contributed by atoms with Gasteiger partial charge in [0.1, 0.15) is 11.5 Å². The molecule has 0 aliphatic heterocycles. The van der Waals surface area contributed by atoms with Crippen molar-refractivity contribution in [1.82, 2.24) is 0 Å². The maximum absolute atomic E-state index is 11.0. The number of ketones is 1. The topological polar surface area (TPSA) is 26.3 Å². The van der Waals surface area contributed by atoms with Crippen molar-refractivity contribution >= 4 is 21.7 Å². The highest BCUT2D eigenvalue weighted by Crippen LogP contribution is 2.24. The van der Waals surface area contributed by atoms with Crippen molar-refractivity contribution in [3.05, 3.63) is 28.2 Å². The normalized spacial score (nSPS) is 9.93. The molecule has 0 heterocycles. The summed E-state index contributed by atoms with van der Waals surface area (Å²) in [6, 6.07) is 5.72. The Morgan fingerprint density at radius 3 is 2.79 bits per heavy atom. The van der Waals surface area contributed by atoms with Crippen LogP contribution < -0.4 is 4.74 Å². The smallest absolute Gasteiger partial charge is 0.134 e. The fraction of sp³-hybridized carbons (Fsp3) is 0.364. The summed E-state index contributed by atoms with van der Waals surface area (Å²) in [5.74, 6) is 0.936. The molecule has 0 atom stereocenters. The van der Waals surface area contributed by atoms with Gasteiger partial charge < -0.3 is 4.74 Å². The van der Waals surface area contributed by atoms with E-state index in [9.17, 15) is 4.79 Å². The van der Waals surface area contributed by atoms with Crippen LogP contribution in [0.1, 0.15) is 19.4 Å². The standard InChI is InChI=1S/C11H13BrO2/c1-3-14-11-7-10(12)5-4-9(11)6-8(2)13/h4-5,7H,3,6H2,1-2H3. The van der Waals surface area contributed by atoms with Gasteiger partial charge in [-0.25, -0.2) is 0 Å². The molecule has 0 radical (unpaired) electrons. The molecule has 1 aromatic carbocycles. The van der Waals surface area contributed by atoms with Gasteiger partial charge in [-0.3, -0.25) is 4.79 Å². The van der Waals surface area contributed by atoms with Gasteiger partial charge in [0.25, 0.3) is 0 Å². The van der Waals surface area contributed by atoms with Gasteiger partial charge in [-0.05, 0) is 26.0 Å². The zero-order chi connectivity index (χ0) is 10.6. The summed E-state index contributed by atoms with van der Waals surface area (Å²) in [7, 11) is 0. The van der Waals surface area contributed by atoms with E-state index in [1.807, 2.05) is 25.1 Å². The number of ether oxygens (including phenoxy) is 1. The number of Topliss-reactive ketones (excluding diaryl/α,β-unsaturated/α-hetero) is 1. The van der Waals surface area contributed by atoms with Crippen molar-refractivity contribution in [2.24, 2.45) is 0 Å². The summed E-state index contributed by atoms with van der Waals surface area (Å²) in [6.45, 7) is 4.12. The summed E-state index contributed by atoms with van der Waals surface area (Å²) < 4.78 is 6.40. The number of hydrogen-bond donors (Lipinski definition) is 0. The number of halogens is 1. The number of carbonyl (C=O) groups excluding carboxylic acids is 1. The van der Waals surface area contributed by atoms with E-state index in [-0.39, 0.29) is 5.78 Å². The fourth-order valence-corrected chi connectivity index (χ4v) is 1.57. The predicted octanol–water partition coefficient (Wildman–Crippen LogP) is 2.98. The van der Waals surface area contributed by atoms with Crippen molar-refractivity contribution in [2.75, 3.05) is 6.61 Å². The molecule has 0 aliphatic rings. The van der Waals surface area contributed by atoms with Crippen LogP contribution in [0.2, 0.25) is 0 Å². The molecule has 76 valence electrons. The van der Waals surface area contributed by atoms with Gasteiger partial charge in [0.05, 0.1) is 6.61 Å². The molecule has 0 fully saturated rings. The molecule has 0 aliphatic carbocycles. The van der Waals surface area contributed by atoms with Crippen molar-refractivity contribution in [3.63, 3.8) is 0 Å². The third-order valence-electron chi connectivity index (χ3n) is 1.77. The number of hydrogen-bond acceptors (Lipinski definition) is 2. The molecule has 0 N–H and O–H groups in total. The first-order valence-electron chi connectivity index (χ1n) is 4.54. The van der Waals surface area contributed by atoms with E-state index in [1.165, 1.54) is 0 Å². The van der Waals surface area contributed by atoms with Crippen LogP contribution >= 0.6 is 15.9 Å². The highest BCUT2D eigenvalue weighted by atomic mass is 79.9. The van der Waals surface area contributed by atoms with E-state index in [1.54, 1.807) is 6.92 Å². The molecule has 0 bridgehead atoms. The first-order chi connectivity index (χ1) is 6.63. The molecule has 14 heavy (non-hydrogen) atoms. The van der Waals surface area contributed by atoms with Crippen molar-refractivity contribution in [3.8, 4) is 5.75 Å². The second kappa shape index (κ2) is 5.15. The van der Waals surface area contributed by atoms with Gasteiger partial charge >= 0.3 is 0 Å². The Morgan fingerprint density at radius 1 is 1.50 bits per heavy atom. The van der Waals surface area contributed by atoms with Gasteiger partial charge in [-0.2, -0.15) is 0 Å². The molecule has 3 heteroatoms. The van der Waals surface area contributed by atoms with Crippen LogP contribution in [0.3, 0.4) is 0 Å². The number of benzene rings is 1. The monoisotopic (exact) mass is 256 g/mol. The van der Waals surface area contributed by atoms with Crippen LogP contribution in [-0.4, -0.2) is 12.4 Å². The highest BCUT2D eigenvalue weighted by Gasteiger charge is 2.06. The second-order valence-corrected chi connectivity index (χ2v) is 3.98. The number of carbonyl (C=O) groups is 1. The Balaban J connectivity index is 2.95. The summed E-state index contributed by atoms with van der Waals surface area (Å²) >= 11 is 3.37. The average molecular weight is 257 g/mol. The summed E-state index contributed by atoms with van der Waals surface area (Å²) in [4.78, 5) is 11.0. The molecule has 2 nitrogen and oxygen atoms in total. The predicted molar refractivity (Wildman–Crippen MR) is 59.7 cm³/mol. The zero-order valence-electron chi connectivity index (χ0n) is 8.34. The minimum atomic E-state index is 0.147. The van der Waals surface area contributed by atoms with Crippen LogP contribution in [0.15, 0.2) is 22.7 Å². The average Bonchev–Trinajstić information content (AvgIpc) is 2.09. The van der Waals surface area contributed by atoms with Crippen LogP contribution in [0.5, 0.6) is 5.75 Å². The Kier molecular flexibility index (Phi) is 4.14. The maximum atomic E-state index is 11.0. The van der Waals surface area contributed by atoms with Gasteiger partial charge in [0, 0.05) is 16.5 Å². The second-order valence-electron chi connectivity index (χ2n) is 3.06. The fourth-order valence-electron chi connectivity index (χ4n) is 1.23. The molecule has 0 saturated carbocycles. The van der Waals surface area contributed by atoms with Crippen molar-refractivity contribution < 1.29 is 9.53 Å². The first-order valence-corrected chi connectivity index (χ1v) is 5.33. The molecule has 0 unspecified atom stereocenters. The SMILES string of the molecule is CCOc1cc(Br)ccc1CC(C)=O. The lowest BCUT2D eigenvalue weighted by Crippen LogP contribution is -2.01. The summed E-state index contributed by atoms with van der Waals surface area (Å²) in [5.41, 5.74) is 0.947. The Labute approximate surface area is 92.4 Å². The quantitative estimate of drug-likeness (QED) is 0.828. The molecule has 0 saturated heterocycles. The Bertz CT molecular complexity index is 334. The zero-order valence-corrected chi connectivity index (χ0v) is 9.93. The lowest BCUT2D eigenvalue weighted by atomic mass is 10.1. The van der Waals surface area contributed by atoms with Crippen LogP contribution in [0, 0.1) is 0 Å². The van der Waals surface area contributed by atoms with E-state index in [2.05, 4.69) is 15.9 Å². The van der Waals surface area contributed by atoms with Crippen molar-refractivity contribution in [1.29, 1.82) is 0 Å². The van der Waals surface area contributed by atoms with Crippen molar-refractivity contribution in [2.45, 2.75) is 20.3 Å². The van der Waals surface area contributed by atoms with E-state index in [4.69, 9.17) is 4.74 Å². The molecular formula is C11H13BrO2. The van der Waals surface area contributed by atoms with Gasteiger partial charge in [0.2, 0.25) is 0 Å². The Morgan fingerprint density at radius 2 is 2.21 bits per heavy atom. The molecule has 0 amide bonds. The third-order valence-corrected chi connectivity index (χ3v) is 2.26. The number of rotatable bonds is 4. The van der Waals surface area contributed by atoms with Gasteiger partial charge in [0.15, 0.2) is 0 Å². The largest absolute Gasteiger partial charge is 0.494 e. The van der Waals surface area contributed by atoms with Gasteiger partial charge in [-0.1, -0.05) is 22.0 Å². The van der Waals surface area contributed by atoms with Crippen LogP contribution in [0.25, 0.3) is 0 Å². The lowest BCUT2D eigenvalue weighted by molar-refractivity contribution is -0.116.